The van der Waals surface area contributed by atoms with Gasteiger partial charge in [-0.15, -0.1) is 0 Å². The van der Waals surface area contributed by atoms with Crippen LogP contribution < -0.4 is 10.7 Å². The molecule has 0 aliphatic heterocycles. The first-order valence-electron chi connectivity index (χ1n) is 10.8. The molecule has 0 saturated carbocycles. The Morgan fingerprint density at radius 3 is 2.64 bits per heavy atom. The molecular weight excluding hydrogens is 416 g/mol. The van der Waals surface area contributed by atoms with E-state index in [0.29, 0.717) is 41.3 Å². The Hall–Kier alpha value is -4.26. The van der Waals surface area contributed by atoms with E-state index in [1.165, 1.54) is 0 Å². The second-order valence-electron chi connectivity index (χ2n) is 7.90. The predicted molar refractivity (Wildman–Crippen MR) is 127 cm³/mol. The molecule has 0 fully saturated rings. The highest BCUT2D eigenvalue weighted by molar-refractivity contribution is 6.10. The van der Waals surface area contributed by atoms with Crippen LogP contribution in [-0.2, 0) is 6.42 Å². The molecule has 2 aromatic carbocycles. The van der Waals surface area contributed by atoms with E-state index in [9.17, 15) is 9.59 Å². The third-order valence-corrected chi connectivity index (χ3v) is 5.77. The minimum atomic E-state index is -0.361. The maximum absolute atomic E-state index is 12.9. The van der Waals surface area contributed by atoms with E-state index in [1.807, 2.05) is 43.3 Å². The van der Waals surface area contributed by atoms with Gasteiger partial charge in [-0.1, -0.05) is 42.5 Å². The number of anilines is 1. The van der Waals surface area contributed by atoms with E-state index in [1.54, 1.807) is 30.5 Å². The van der Waals surface area contributed by atoms with Crippen LogP contribution in [0.2, 0.25) is 0 Å². The first kappa shape index (κ1) is 20.6. The molecule has 0 atom stereocenters. The quantitative estimate of drug-likeness (QED) is 0.445. The fourth-order valence-electron chi connectivity index (χ4n) is 4.21. The van der Waals surface area contributed by atoms with Crippen LogP contribution in [0.3, 0.4) is 0 Å². The van der Waals surface area contributed by atoms with Gasteiger partial charge in [0.2, 0.25) is 0 Å². The number of aromatic nitrogens is 1. The van der Waals surface area contributed by atoms with Crippen LogP contribution in [-0.4, -0.2) is 22.5 Å². The van der Waals surface area contributed by atoms with Gasteiger partial charge < -0.3 is 9.73 Å². The van der Waals surface area contributed by atoms with Gasteiger partial charge in [0.15, 0.2) is 5.76 Å². The van der Waals surface area contributed by atoms with Crippen molar-refractivity contribution in [3.05, 3.63) is 95.1 Å². The van der Waals surface area contributed by atoms with Gasteiger partial charge in [0.25, 0.3) is 11.8 Å². The van der Waals surface area contributed by atoms with Gasteiger partial charge in [-0.25, -0.2) is 10.4 Å². The number of amides is 2. The molecule has 2 heterocycles. The number of hydrogen-bond acceptors (Lipinski definition) is 5. The molecule has 1 aliphatic carbocycles. The molecule has 2 amide bonds. The van der Waals surface area contributed by atoms with Gasteiger partial charge in [-0.3, -0.25) is 9.59 Å². The average molecular weight is 438 g/mol. The fraction of sp³-hybridized carbons (Fsp3) is 0.154. The highest BCUT2D eigenvalue weighted by atomic mass is 16.4. The molecule has 0 saturated heterocycles. The Kier molecular flexibility index (Phi) is 5.44. The van der Waals surface area contributed by atoms with Crippen LogP contribution >= 0.6 is 0 Å². The summed E-state index contributed by atoms with van der Waals surface area (Å²) in [6, 6.07) is 18.6. The Bertz CT molecular complexity index is 1380. The third kappa shape index (κ3) is 4.01. The fourth-order valence-corrected chi connectivity index (χ4v) is 4.21. The van der Waals surface area contributed by atoms with Crippen LogP contribution in [0.4, 0.5) is 5.82 Å². The molecule has 33 heavy (non-hydrogen) atoms. The molecule has 5 rings (SSSR count). The molecule has 7 heteroatoms. The average Bonchev–Trinajstić information content (AvgIpc) is 3.20. The lowest BCUT2D eigenvalue weighted by Gasteiger charge is -2.13. The molecule has 0 radical (unpaired) electrons. The Balaban J connectivity index is 1.41. The molecule has 2 N–H and O–H groups in total. The molecule has 164 valence electrons. The highest BCUT2D eigenvalue weighted by Crippen LogP contribution is 2.30. The van der Waals surface area contributed by atoms with Crippen LogP contribution in [0.25, 0.3) is 10.8 Å². The van der Waals surface area contributed by atoms with Crippen molar-refractivity contribution in [1.29, 1.82) is 0 Å². The summed E-state index contributed by atoms with van der Waals surface area (Å²) < 4.78 is 5.92. The van der Waals surface area contributed by atoms with E-state index >= 15 is 0 Å². The second kappa shape index (κ2) is 8.70. The van der Waals surface area contributed by atoms with E-state index in [2.05, 4.69) is 20.8 Å². The second-order valence-corrected chi connectivity index (χ2v) is 7.90. The number of hydrazone groups is 1. The van der Waals surface area contributed by atoms with Crippen molar-refractivity contribution < 1.29 is 14.0 Å². The maximum Gasteiger partial charge on any atom is 0.292 e. The minimum absolute atomic E-state index is 0.237. The van der Waals surface area contributed by atoms with E-state index in [4.69, 9.17) is 4.42 Å². The molecule has 7 nitrogen and oxygen atoms in total. The van der Waals surface area contributed by atoms with Crippen LogP contribution in [0.15, 0.2) is 76.4 Å². The largest absolute Gasteiger partial charge is 0.455 e. The molecule has 0 spiro atoms. The number of nitrogens with zero attached hydrogens (tertiary/aromatic N) is 2. The molecule has 0 unspecified atom stereocenters. The summed E-state index contributed by atoms with van der Waals surface area (Å²) >= 11 is 0. The van der Waals surface area contributed by atoms with Crippen molar-refractivity contribution in [3.8, 4) is 0 Å². The zero-order valence-corrected chi connectivity index (χ0v) is 18.1. The van der Waals surface area contributed by atoms with E-state index in [0.717, 1.165) is 22.8 Å². The van der Waals surface area contributed by atoms with Crippen molar-refractivity contribution in [2.75, 3.05) is 5.32 Å². The van der Waals surface area contributed by atoms with Crippen molar-refractivity contribution in [2.24, 2.45) is 5.10 Å². The maximum atomic E-state index is 12.9. The van der Waals surface area contributed by atoms with Gasteiger partial charge in [0, 0.05) is 29.3 Å². The van der Waals surface area contributed by atoms with Crippen LogP contribution in [0.1, 0.15) is 50.6 Å². The van der Waals surface area contributed by atoms with E-state index in [-0.39, 0.29) is 17.6 Å². The smallest absolute Gasteiger partial charge is 0.292 e. The zero-order chi connectivity index (χ0) is 22.8. The monoisotopic (exact) mass is 438 g/mol. The standard InChI is InChI=1S/C26H22N4O3/c1-16-23-20(29-30-25(31)19-11-6-9-17-8-2-3-10-18(17)19)12-7-13-21(23)33-24(16)26(32)28-22-14-4-5-15-27-22/h2-6,8-11,14-15H,7,12-13H2,1H3,(H,30,31)(H,27,28,32)/b29-20+. The number of pyridine rings is 1. The topological polar surface area (TPSA) is 96.6 Å². The lowest BCUT2D eigenvalue weighted by atomic mass is 9.93. The summed E-state index contributed by atoms with van der Waals surface area (Å²) in [6.07, 6.45) is 3.83. The lowest BCUT2D eigenvalue weighted by molar-refractivity contribution is 0.0955. The summed E-state index contributed by atoms with van der Waals surface area (Å²) in [5, 5.41) is 9.06. The first-order valence-corrected chi connectivity index (χ1v) is 10.8. The first-order chi connectivity index (χ1) is 16.1. The van der Waals surface area contributed by atoms with Crippen LogP contribution in [0.5, 0.6) is 0 Å². The normalized spacial score (nSPS) is 14.2. The van der Waals surface area contributed by atoms with Gasteiger partial charge in [-0.05, 0) is 48.7 Å². The number of nitrogens with one attached hydrogen (secondary N) is 2. The molecule has 4 aromatic rings. The summed E-state index contributed by atoms with van der Waals surface area (Å²) in [6.45, 7) is 1.84. The van der Waals surface area contributed by atoms with Crippen molar-refractivity contribution in [2.45, 2.75) is 26.2 Å². The number of carbonyl (C=O) groups is 2. The summed E-state index contributed by atoms with van der Waals surface area (Å²) in [5.74, 6) is 0.761. The zero-order valence-electron chi connectivity index (χ0n) is 18.1. The number of fused-ring (bicyclic) bond motifs is 2. The predicted octanol–water partition coefficient (Wildman–Crippen LogP) is 4.86. The molecule has 0 bridgehead atoms. The minimum Gasteiger partial charge on any atom is -0.455 e. The van der Waals surface area contributed by atoms with Gasteiger partial charge in [-0.2, -0.15) is 5.10 Å². The van der Waals surface area contributed by atoms with Crippen molar-refractivity contribution in [3.63, 3.8) is 0 Å². The lowest BCUT2D eigenvalue weighted by Crippen LogP contribution is -2.22. The number of rotatable bonds is 4. The number of carbonyl (C=O) groups excluding carboxylic acids is 2. The van der Waals surface area contributed by atoms with Crippen molar-refractivity contribution in [1.82, 2.24) is 10.4 Å². The van der Waals surface area contributed by atoms with Gasteiger partial charge in [0.1, 0.15) is 11.6 Å². The van der Waals surface area contributed by atoms with Gasteiger partial charge >= 0.3 is 0 Å². The third-order valence-electron chi connectivity index (χ3n) is 5.77. The Morgan fingerprint density at radius 1 is 0.970 bits per heavy atom. The van der Waals surface area contributed by atoms with E-state index < -0.39 is 0 Å². The molecular formula is C26H22N4O3. The SMILES string of the molecule is Cc1c(C(=O)Nc2ccccn2)oc2c1/C(=N/NC(=O)c1cccc3ccccc13)CCC2. The summed E-state index contributed by atoms with van der Waals surface area (Å²) in [5.41, 5.74) is 5.48. The summed E-state index contributed by atoms with van der Waals surface area (Å²) in [7, 11) is 0. The van der Waals surface area contributed by atoms with Crippen molar-refractivity contribution >= 4 is 34.1 Å². The van der Waals surface area contributed by atoms with Crippen LogP contribution in [0, 0.1) is 6.92 Å². The highest BCUT2D eigenvalue weighted by Gasteiger charge is 2.28. The van der Waals surface area contributed by atoms with Gasteiger partial charge in [0.05, 0.1) is 5.71 Å². The number of hydrogen-bond donors (Lipinski definition) is 2. The molecule has 2 aromatic heterocycles. The number of furan rings is 1. The summed E-state index contributed by atoms with van der Waals surface area (Å²) in [4.78, 5) is 29.8. The number of aryl methyl sites for hydroxylation is 1. The number of benzene rings is 2. The Morgan fingerprint density at radius 2 is 1.79 bits per heavy atom. The molecule has 1 aliphatic rings. The Labute approximate surface area is 190 Å².